The first-order chi connectivity index (χ1) is 8.71. The van der Waals surface area contributed by atoms with Crippen LogP contribution < -0.4 is 10.2 Å². The Morgan fingerprint density at radius 1 is 1.22 bits per heavy atom. The van der Waals surface area contributed by atoms with Gasteiger partial charge in [-0.15, -0.1) is 0 Å². The highest BCUT2D eigenvalue weighted by molar-refractivity contribution is 5.99. The van der Waals surface area contributed by atoms with E-state index in [1.807, 2.05) is 0 Å². The zero-order chi connectivity index (χ0) is 12.6. The van der Waals surface area contributed by atoms with Crippen molar-refractivity contribution in [2.24, 2.45) is 5.41 Å². The summed E-state index contributed by atoms with van der Waals surface area (Å²) in [6.45, 7) is 2.52. The molecule has 18 heavy (non-hydrogen) atoms. The highest BCUT2D eigenvalue weighted by atomic mass is 19.1. The number of halogens is 1. The molecular weight excluding hydrogens is 231 g/mol. The van der Waals surface area contributed by atoms with E-state index in [-0.39, 0.29) is 17.1 Å². The van der Waals surface area contributed by atoms with E-state index in [1.165, 1.54) is 12.1 Å². The fourth-order valence-electron chi connectivity index (χ4n) is 3.08. The highest BCUT2D eigenvalue weighted by Crippen LogP contribution is 2.41. The van der Waals surface area contributed by atoms with Crippen molar-refractivity contribution in [3.8, 4) is 0 Å². The van der Waals surface area contributed by atoms with Gasteiger partial charge in [-0.2, -0.15) is 0 Å². The third-order valence-electron chi connectivity index (χ3n) is 4.19. The van der Waals surface area contributed by atoms with E-state index < -0.39 is 0 Å². The van der Waals surface area contributed by atoms with E-state index in [4.69, 9.17) is 0 Å². The van der Waals surface area contributed by atoms with E-state index in [0.717, 1.165) is 32.4 Å². The van der Waals surface area contributed by atoms with Gasteiger partial charge in [0.15, 0.2) is 0 Å². The molecule has 96 valence electrons. The molecule has 0 aromatic heterocycles. The Morgan fingerprint density at radius 2 is 2.00 bits per heavy atom. The molecule has 0 unspecified atom stereocenters. The van der Waals surface area contributed by atoms with Crippen LogP contribution in [0.4, 0.5) is 10.1 Å². The zero-order valence-electron chi connectivity index (χ0n) is 10.3. The van der Waals surface area contributed by atoms with Crippen molar-refractivity contribution in [3.05, 3.63) is 30.1 Å². The smallest absolute Gasteiger partial charge is 0.233 e. The predicted molar refractivity (Wildman–Crippen MR) is 67.9 cm³/mol. The number of hydrogen-bond acceptors (Lipinski definition) is 2. The number of carbonyl (C=O) groups is 1. The van der Waals surface area contributed by atoms with Crippen molar-refractivity contribution in [1.82, 2.24) is 5.32 Å². The molecule has 4 heteroatoms. The van der Waals surface area contributed by atoms with Crippen molar-refractivity contribution < 1.29 is 9.18 Å². The van der Waals surface area contributed by atoms with Crippen LogP contribution in [0.3, 0.4) is 0 Å². The number of benzene rings is 1. The minimum absolute atomic E-state index is 0.176. The molecule has 0 atom stereocenters. The summed E-state index contributed by atoms with van der Waals surface area (Å²) >= 11 is 0. The standard InChI is InChI=1S/C14H17FN2O/c15-11-2-1-3-12(10-11)17-9-6-14(13(17)18)4-7-16-8-5-14/h1-3,10,16H,4-9H2. The quantitative estimate of drug-likeness (QED) is 0.823. The van der Waals surface area contributed by atoms with Gasteiger partial charge in [0.1, 0.15) is 5.82 Å². The maximum absolute atomic E-state index is 13.2. The number of hydrogen-bond donors (Lipinski definition) is 1. The lowest BCUT2D eigenvalue weighted by molar-refractivity contribution is -0.126. The minimum Gasteiger partial charge on any atom is -0.317 e. The number of anilines is 1. The summed E-state index contributed by atoms with van der Waals surface area (Å²) in [6, 6.07) is 6.31. The van der Waals surface area contributed by atoms with Crippen LogP contribution in [0.2, 0.25) is 0 Å². The fraction of sp³-hybridized carbons (Fsp3) is 0.500. The van der Waals surface area contributed by atoms with Crippen LogP contribution >= 0.6 is 0 Å². The normalized spacial score (nSPS) is 22.7. The molecule has 0 aliphatic carbocycles. The lowest BCUT2D eigenvalue weighted by Crippen LogP contribution is -2.42. The first kappa shape index (κ1) is 11.7. The Balaban J connectivity index is 1.86. The summed E-state index contributed by atoms with van der Waals surface area (Å²) in [6.07, 6.45) is 2.69. The van der Waals surface area contributed by atoms with Crippen LogP contribution in [0.15, 0.2) is 24.3 Å². The molecule has 2 heterocycles. The first-order valence-corrected chi connectivity index (χ1v) is 6.50. The molecule has 1 N–H and O–H groups in total. The summed E-state index contributed by atoms with van der Waals surface area (Å²) in [5, 5.41) is 3.29. The van der Waals surface area contributed by atoms with Crippen LogP contribution in [0.5, 0.6) is 0 Å². The largest absolute Gasteiger partial charge is 0.317 e. The monoisotopic (exact) mass is 248 g/mol. The van der Waals surface area contributed by atoms with Crippen LogP contribution in [-0.4, -0.2) is 25.5 Å². The van der Waals surface area contributed by atoms with Gasteiger partial charge in [0.2, 0.25) is 5.91 Å². The topological polar surface area (TPSA) is 32.3 Å². The van der Waals surface area contributed by atoms with E-state index in [0.29, 0.717) is 12.2 Å². The van der Waals surface area contributed by atoms with Gasteiger partial charge in [-0.05, 0) is 50.6 Å². The summed E-state index contributed by atoms with van der Waals surface area (Å²) in [5.74, 6) is -0.110. The molecule has 3 rings (SSSR count). The molecule has 2 aliphatic rings. The Bertz CT molecular complexity index is 469. The Kier molecular flexibility index (Phi) is 2.82. The van der Waals surface area contributed by atoms with Gasteiger partial charge in [-0.25, -0.2) is 4.39 Å². The molecule has 0 bridgehead atoms. The van der Waals surface area contributed by atoms with Crippen molar-refractivity contribution in [1.29, 1.82) is 0 Å². The first-order valence-electron chi connectivity index (χ1n) is 6.50. The number of amides is 1. The average Bonchev–Trinajstić information content (AvgIpc) is 2.68. The third-order valence-corrected chi connectivity index (χ3v) is 4.19. The van der Waals surface area contributed by atoms with Gasteiger partial charge in [-0.1, -0.05) is 6.07 Å². The molecule has 0 radical (unpaired) electrons. The van der Waals surface area contributed by atoms with Gasteiger partial charge >= 0.3 is 0 Å². The summed E-state index contributed by atoms with van der Waals surface area (Å²) < 4.78 is 13.2. The second-order valence-electron chi connectivity index (χ2n) is 5.22. The second kappa shape index (κ2) is 4.35. The van der Waals surface area contributed by atoms with E-state index in [2.05, 4.69) is 5.32 Å². The minimum atomic E-state index is -0.286. The average molecular weight is 248 g/mol. The third kappa shape index (κ3) is 1.81. The van der Waals surface area contributed by atoms with E-state index in [1.54, 1.807) is 17.0 Å². The molecule has 2 saturated heterocycles. The Hall–Kier alpha value is -1.42. The zero-order valence-corrected chi connectivity index (χ0v) is 10.3. The fourth-order valence-corrected chi connectivity index (χ4v) is 3.08. The molecular formula is C14H17FN2O. The van der Waals surface area contributed by atoms with Crippen molar-refractivity contribution in [2.75, 3.05) is 24.5 Å². The van der Waals surface area contributed by atoms with Gasteiger partial charge < -0.3 is 10.2 Å². The number of nitrogens with one attached hydrogen (secondary N) is 1. The molecule has 3 nitrogen and oxygen atoms in total. The van der Waals surface area contributed by atoms with E-state index >= 15 is 0 Å². The van der Waals surface area contributed by atoms with Gasteiger partial charge in [0.05, 0.1) is 5.41 Å². The van der Waals surface area contributed by atoms with Gasteiger partial charge in [-0.3, -0.25) is 4.79 Å². The number of nitrogens with zero attached hydrogens (tertiary/aromatic N) is 1. The summed E-state index contributed by atoms with van der Waals surface area (Å²) in [4.78, 5) is 14.3. The second-order valence-corrected chi connectivity index (χ2v) is 5.22. The Labute approximate surface area is 106 Å². The molecule has 2 aliphatic heterocycles. The van der Waals surface area contributed by atoms with Crippen LogP contribution in [-0.2, 0) is 4.79 Å². The molecule has 0 saturated carbocycles. The SMILES string of the molecule is O=C1N(c2cccc(F)c2)CCC12CCNCC2. The van der Waals surface area contributed by atoms with Crippen molar-refractivity contribution >= 4 is 11.6 Å². The van der Waals surface area contributed by atoms with Crippen LogP contribution in [0.1, 0.15) is 19.3 Å². The van der Waals surface area contributed by atoms with Crippen molar-refractivity contribution in [3.63, 3.8) is 0 Å². The van der Waals surface area contributed by atoms with Crippen molar-refractivity contribution in [2.45, 2.75) is 19.3 Å². The molecule has 1 aromatic rings. The number of piperidine rings is 1. The van der Waals surface area contributed by atoms with Crippen LogP contribution in [0.25, 0.3) is 0 Å². The molecule has 1 amide bonds. The molecule has 1 aromatic carbocycles. The van der Waals surface area contributed by atoms with Gasteiger partial charge in [0, 0.05) is 12.2 Å². The maximum atomic E-state index is 13.2. The number of rotatable bonds is 1. The van der Waals surface area contributed by atoms with Crippen LogP contribution in [0, 0.1) is 11.2 Å². The lowest BCUT2D eigenvalue weighted by atomic mass is 9.78. The summed E-state index contributed by atoms with van der Waals surface area (Å²) in [7, 11) is 0. The lowest BCUT2D eigenvalue weighted by Gasteiger charge is -2.32. The predicted octanol–water partition coefficient (Wildman–Crippen LogP) is 1.93. The Morgan fingerprint density at radius 3 is 2.72 bits per heavy atom. The summed E-state index contributed by atoms with van der Waals surface area (Å²) in [5.41, 5.74) is 0.493. The maximum Gasteiger partial charge on any atom is 0.233 e. The number of carbonyl (C=O) groups excluding carboxylic acids is 1. The van der Waals surface area contributed by atoms with E-state index in [9.17, 15) is 9.18 Å². The molecule has 1 spiro atoms. The van der Waals surface area contributed by atoms with Gasteiger partial charge in [0.25, 0.3) is 0 Å². The molecule has 2 fully saturated rings. The highest BCUT2D eigenvalue weighted by Gasteiger charge is 2.47.